The van der Waals surface area contributed by atoms with Crippen LogP contribution in [0.4, 0.5) is 0 Å². The van der Waals surface area contributed by atoms with Crippen molar-refractivity contribution in [1.29, 1.82) is 0 Å². The molecule has 0 spiro atoms. The van der Waals surface area contributed by atoms with Crippen molar-refractivity contribution in [3.05, 3.63) is 29.8 Å². The van der Waals surface area contributed by atoms with Crippen molar-refractivity contribution in [3.63, 3.8) is 0 Å². The minimum Gasteiger partial charge on any atom is -0.492 e. The van der Waals surface area contributed by atoms with Gasteiger partial charge in [0, 0.05) is 7.05 Å². The van der Waals surface area contributed by atoms with E-state index in [1.807, 2.05) is 38.1 Å². The summed E-state index contributed by atoms with van der Waals surface area (Å²) in [7, 11) is 1.76. The number of amides is 1. The first-order valence-electron chi connectivity index (χ1n) is 6.74. The number of carbonyl (C=O) groups is 1. The highest BCUT2D eigenvalue weighted by Crippen LogP contribution is 2.12. The first kappa shape index (κ1) is 18.7. The van der Waals surface area contributed by atoms with Crippen LogP contribution in [0.3, 0.4) is 0 Å². The van der Waals surface area contributed by atoms with Crippen molar-refractivity contribution in [2.75, 3.05) is 20.2 Å². The lowest BCUT2D eigenvalue weighted by Gasteiger charge is -2.21. The van der Waals surface area contributed by atoms with Gasteiger partial charge in [0.05, 0.1) is 12.6 Å². The van der Waals surface area contributed by atoms with Gasteiger partial charge in [-0.2, -0.15) is 0 Å². The standard InChI is InChI=1S/C15H24N2O2.ClH/c1-4-6-14(16)15(18)17(3)9-10-19-13-8-5-7-12(2)11-13;/h5,7-8,11,14H,4,6,9-10,16H2,1-3H3;1H. The molecular weight excluding hydrogens is 276 g/mol. The average Bonchev–Trinajstić information content (AvgIpc) is 2.38. The lowest BCUT2D eigenvalue weighted by molar-refractivity contribution is -0.131. The van der Waals surface area contributed by atoms with Crippen molar-refractivity contribution in [2.24, 2.45) is 5.73 Å². The predicted molar refractivity (Wildman–Crippen MR) is 84.4 cm³/mol. The Morgan fingerprint density at radius 2 is 2.15 bits per heavy atom. The maximum Gasteiger partial charge on any atom is 0.239 e. The maximum atomic E-state index is 11.9. The van der Waals surface area contributed by atoms with Crippen molar-refractivity contribution in [2.45, 2.75) is 32.7 Å². The number of likely N-dealkylation sites (N-methyl/N-ethyl adjacent to an activating group) is 1. The van der Waals surface area contributed by atoms with Crippen LogP contribution in [0.5, 0.6) is 5.75 Å². The molecule has 1 aromatic carbocycles. The molecule has 1 aromatic rings. The summed E-state index contributed by atoms with van der Waals surface area (Å²) in [5.41, 5.74) is 6.96. The number of nitrogens with two attached hydrogens (primary N) is 1. The molecule has 20 heavy (non-hydrogen) atoms. The zero-order valence-electron chi connectivity index (χ0n) is 12.5. The number of carbonyl (C=O) groups excluding carboxylic acids is 1. The van der Waals surface area contributed by atoms with Crippen LogP contribution >= 0.6 is 12.4 Å². The van der Waals surface area contributed by atoms with Gasteiger partial charge in [-0.05, 0) is 31.0 Å². The molecule has 2 N–H and O–H groups in total. The molecule has 0 aliphatic carbocycles. The molecule has 0 bridgehead atoms. The van der Waals surface area contributed by atoms with E-state index >= 15 is 0 Å². The van der Waals surface area contributed by atoms with Crippen molar-refractivity contribution in [1.82, 2.24) is 4.90 Å². The van der Waals surface area contributed by atoms with Gasteiger partial charge in [0.25, 0.3) is 0 Å². The number of rotatable bonds is 7. The predicted octanol–water partition coefficient (Wildman–Crippen LogP) is 2.38. The maximum absolute atomic E-state index is 11.9. The second kappa shape index (κ2) is 9.61. The number of ether oxygens (including phenoxy) is 1. The molecule has 114 valence electrons. The number of nitrogens with zero attached hydrogens (tertiary/aromatic N) is 1. The fourth-order valence-electron chi connectivity index (χ4n) is 1.83. The molecule has 0 heterocycles. The number of hydrogen-bond donors (Lipinski definition) is 1. The molecule has 1 unspecified atom stereocenters. The molecule has 5 heteroatoms. The van der Waals surface area contributed by atoms with Gasteiger partial charge in [-0.1, -0.05) is 25.5 Å². The summed E-state index contributed by atoms with van der Waals surface area (Å²) in [6.45, 7) is 5.06. The molecule has 0 aliphatic rings. The monoisotopic (exact) mass is 300 g/mol. The van der Waals surface area contributed by atoms with Crippen LogP contribution in [0.1, 0.15) is 25.3 Å². The number of hydrogen-bond acceptors (Lipinski definition) is 3. The third-order valence-electron chi connectivity index (χ3n) is 2.98. The van der Waals surface area contributed by atoms with Crippen LogP contribution in [0.2, 0.25) is 0 Å². The minimum atomic E-state index is -0.394. The minimum absolute atomic E-state index is 0. The van der Waals surface area contributed by atoms with Gasteiger partial charge in [0.2, 0.25) is 5.91 Å². The number of halogens is 1. The van der Waals surface area contributed by atoms with Gasteiger partial charge >= 0.3 is 0 Å². The van der Waals surface area contributed by atoms with Crippen LogP contribution in [-0.2, 0) is 4.79 Å². The van der Waals surface area contributed by atoms with E-state index in [2.05, 4.69) is 0 Å². The highest BCUT2D eigenvalue weighted by Gasteiger charge is 2.16. The third-order valence-corrected chi connectivity index (χ3v) is 2.98. The first-order chi connectivity index (χ1) is 9.04. The van der Waals surface area contributed by atoms with Gasteiger partial charge in [-0.3, -0.25) is 4.79 Å². The molecule has 0 aromatic heterocycles. The Hall–Kier alpha value is -1.26. The van der Waals surface area contributed by atoms with Gasteiger partial charge in [-0.25, -0.2) is 0 Å². The van der Waals surface area contributed by atoms with Crippen LogP contribution in [0, 0.1) is 6.92 Å². The Morgan fingerprint density at radius 1 is 1.45 bits per heavy atom. The highest BCUT2D eigenvalue weighted by molar-refractivity contribution is 5.85. The van der Waals surface area contributed by atoms with Crippen molar-refractivity contribution < 1.29 is 9.53 Å². The molecular formula is C15H25ClN2O2. The van der Waals surface area contributed by atoms with Gasteiger partial charge in [0.1, 0.15) is 12.4 Å². The quantitative estimate of drug-likeness (QED) is 0.841. The zero-order valence-corrected chi connectivity index (χ0v) is 13.3. The molecule has 0 saturated heterocycles. The molecule has 0 saturated carbocycles. The zero-order chi connectivity index (χ0) is 14.3. The molecule has 0 radical (unpaired) electrons. The second-order valence-electron chi connectivity index (χ2n) is 4.82. The Balaban J connectivity index is 0.00000361. The van der Waals surface area contributed by atoms with Gasteiger partial charge in [-0.15, -0.1) is 12.4 Å². The van der Waals surface area contributed by atoms with Crippen LogP contribution < -0.4 is 10.5 Å². The van der Waals surface area contributed by atoms with Gasteiger partial charge < -0.3 is 15.4 Å². The van der Waals surface area contributed by atoms with E-state index in [1.165, 1.54) is 0 Å². The first-order valence-corrected chi connectivity index (χ1v) is 6.74. The SMILES string of the molecule is CCCC(N)C(=O)N(C)CCOc1cccc(C)c1.Cl. The fourth-order valence-corrected chi connectivity index (χ4v) is 1.83. The van der Waals surface area contributed by atoms with Crippen LogP contribution in [-0.4, -0.2) is 37.0 Å². The van der Waals surface area contributed by atoms with Crippen LogP contribution in [0.15, 0.2) is 24.3 Å². The lowest BCUT2D eigenvalue weighted by Crippen LogP contribution is -2.43. The average molecular weight is 301 g/mol. The topological polar surface area (TPSA) is 55.6 Å². The van der Waals surface area contributed by atoms with E-state index in [0.717, 1.165) is 24.2 Å². The molecule has 1 amide bonds. The number of benzene rings is 1. The van der Waals surface area contributed by atoms with Crippen molar-refractivity contribution >= 4 is 18.3 Å². The van der Waals surface area contributed by atoms with E-state index in [-0.39, 0.29) is 18.3 Å². The van der Waals surface area contributed by atoms with E-state index in [0.29, 0.717) is 13.2 Å². The van der Waals surface area contributed by atoms with E-state index in [1.54, 1.807) is 11.9 Å². The molecule has 1 rings (SSSR count). The molecule has 4 nitrogen and oxygen atoms in total. The smallest absolute Gasteiger partial charge is 0.239 e. The Labute approximate surface area is 127 Å². The Bertz CT molecular complexity index is 413. The van der Waals surface area contributed by atoms with Crippen LogP contribution in [0.25, 0.3) is 0 Å². The summed E-state index contributed by atoms with van der Waals surface area (Å²) >= 11 is 0. The summed E-state index contributed by atoms with van der Waals surface area (Å²) in [4.78, 5) is 13.5. The third kappa shape index (κ3) is 6.26. The molecule has 1 atom stereocenters. The summed E-state index contributed by atoms with van der Waals surface area (Å²) in [5, 5.41) is 0. The van der Waals surface area contributed by atoms with E-state index < -0.39 is 6.04 Å². The summed E-state index contributed by atoms with van der Waals surface area (Å²) < 4.78 is 5.61. The fraction of sp³-hybridized carbons (Fsp3) is 0.533. The largest absolute Gasteiger partial charge is 0.492 e. The highest BCUT2D eigenvalue weighted by atomic mass is 35.5. The normalized spacial score (nSPS) is 11.4. The number of aryl methyl sites for hydroxylation is 1. The van der Waals surface area contributed by atoms with E-state index in [9.17, 15) is 4.79 Å². The Morgan fingerprint density at radius 3 is 2.75 bits per heavy atom. The summed E-state index contributed by atoms with van der Waals surface area (Å²) in [6.07, 6.45) is 1.64. The molecule has 0 fully saturated rings. The molecule has 0 aliphatic heterocycles. The van der Waals surface area contributed by atoms with E-state index in [4.69, 9.17) is 10.5 Å². The second-order valence-corrected chi connectivity index (χ2v) is 4.82. The lowest BCUT2D eigenvalue weighted by atomic mass is 10.1. The summed E-state index contributed by atoms with van der Waals surface area (Å²) in [5.74, 6) is 0.813. The van der Waals surface area contributed by atoms with Crippen molar-refractivity contribution in [3.8, 4) is 5.75 Å². The Kier molecular flexibility index (Phi) is 9.01. The summed E-state index contributed by atoms with van der Waals surface area (Å²) in [6, 6.07) is 7.47. The van der Waals surface area contributed by atoms with Gasteiger partial charge in [0.15, 0.2) is 0 Å².